The van der Waals surface area contributed by atoms with E-state index in [1.807, 2.05) is 25.1 Å². The van der Waals surface area contributed by atoms with E-state index in [2.05, 4.69) is 11.9 Å². The van der Waals surface area contributed by atoms with Crippen LogP contribution in [-0.4, -0.2) is 16.1 Å². The minimum absolute atomic E-state index is 0.0597. The lowest BCUT2D eigenvalue weighted by Crippen LogP contribution is -2.09. The van der Waals surface area contributed by atoms with Crippen LogP contribution in [0.2, 0.25) is 0 Å². The van der Waals surface area contributed by atoms with Gasteiger partial charge >= 0.3 is 12.1 Å². The van der Waals surface area contributed by atoms with Crippen molar-refractivity contribution in [2.24, 2.45) is 0 Å². The largest absolute Gasteiger partial charge is 0.482 e. The van der Waals surface area contributed by atoms with Crippen molar-refractivity contribution in [1.82, 2.24) is 4.98 Å². The van der Waals surface area contributed by atoms with E-state index in [-0.39, 0.29) is 12.3 Å². The third-order valence-electron chi connectivity index (χ3n) is 5.60. The van der Waals surface area contributed by atoms with Crippen LogP contribution in [0.15, 0.2) is 46.9 Å². The van der Waals surface area contributed by atoms with Gasteiger partial charge in [-0.2, -0.15) is 13.2 Å². The van der Waals surface area contributed by atoms with Crippen LogP contribution in [0.3, 0.4) is 0 Å². The fourth-order valence-corrected chi connectivity index (χ4v) is 3.69. The summed E-state index contributed by atoms with van der Waals surface area (Å²) in [4.78, 5) is 15.3. The van der Waals surface area contributed by atoms with E-state index in [1.54, 1.807) is 6.92 Å². The highest BCUT2D eigenvalue weighted by Crippen LogP contribution is 2.34. The minimum atomic E-state index is -4.41. The van der Waals surface area contributed by atoms with E-state index in [0.29, 0.717) is 35.6 Å². The zero-order valence-corrected chi connectivity index (χ0v) is 19.4. The summed E-state index contributed by atoms with van der Waals surface area (Å²) in [5, 5.41) is 8.92. The van der Waals surface area contributed by atoms with Gasteiger partial charge in [0.1, 0.15) is 5.75 Å². The number of hydrogen-bond acceptors (Lipinski definition) is 4. The number of alkyl halides is 3. The van der Waals surface area contributed by atoms with Crippen molar-refractivity contribution >= 4 is 5.97 Å². The van der Waals surface area contributed by atoms with E-state index in [0.717, 1.165) is 36.1 Å². The number of rotatable bonds is 10. The number of aryl methyl sites for hydroxylation is 3. The van der Waals surface area contributed by atoms with Gasteiger partial charge in [-0.3, -0.25) is 4.79 Å². The molecule has 0 aliphatic heterocycles. The number of ether oxygens (including phenoxy) is 1. The van der Waals surface area contributed by atoms with Crippen molar-refractivity contribution in [3.8, 4) is 17.2 Å². The lowest BCUT2D eigenvalue weighted by Gasteiger charge is -2.18. The normalized spacial score (nSPS) is 12.5. The lowest BCUT2D eigenvalue weighted by molar-refractivity contribution is -0.138. The van der Waals surface area contributed by atoms with Gasteiger partial charge < -0.3 is 14.3 Å². The maximum atomic E-state index is 12.9. The van der Waals surface area contributed by atoms with Crippen molar-refractivity contribution in [3.05, 3.63) is 70.6 Å². The van der Waals surface area contributed by atoms with Gasteiger partial charge in [0.2, 0.25) is 5.89 Å². The number of halogens is 3. The number of aliphatic carboxylic acids is 1. The Bertz CT molecular complexity index is 1120. The number of benzene rings is 2. The summed E-state index contributed by atoms with van der Waals surface area (Å²) in [6.07, 6.45) is -1.81. The van der Waals surface area contributed by atoms with Crippen LogP contribution in [0, 0.1) is 13.8 Å². The van der Waals surface area contributed by atoms with Gasteiger partial charge in [-0.15, -0.1) is 0 Å². The summed E-state index contributed by atoms with van der Waals surface area (Å²) in [6.45, 7) is 5.77. The standard InChI is InChI=1S/C26H28F3NO4/c1-4-5-6-22(33-21-13-9-18(16(2)15-21)10-14-23(31)32)24-17(3)30-25(34-24)19-7-11-20(12-8-19)26(27,28)29/h7-9,11-13,15,22H,4-6,10,14H2,1-3H3,(H,31,32). The molecule has 0 spiro atoms. The second-order valence-electron chi connectivity index (χ2n) is 8.27. The molecule has 1 unspecified atom stereocenters. The monoisotopic (exact) mass is 475 g/mol. The zero-order chi connectivity index (χ0) is 24.9. The number of carboxylic acid groups (broad SMARTS) is 1. The topological polar surface area (TPSA) is 72.6 Å². The van der Waals surface area contributed by atoms with Crippen LogP contribution in [0.4, 0.5) is 13.2 Å². The molecule has 1 N–H and O–H groups in total. The zero-order valence-electron chi connectivity index (χ0n) is 19.4. The molecule has 1 aromatic heterocycles. The number of oxazole rings is 1. The Morgan fingerprint density at radius 1 is 1.15 bits per heavy atom. The molecule has 3 aromatic rings. The highest BCUT2D eigenvalue weighted by atomic mass is 19.4. The molecule has 8 heteroatoms. The predicted molar refractivity (Wildman–Crippen MR) is 122 cm³/mol. The molecule has 0 fully saturated rings. The first-order valence-corrected chi connectivity index (χ1v) is 11.2. The van der Waals surface area contributed by atoms with Gasteiger partial charge in [0.05, 0.1) is 11.3 Å². The Labute approximate surface area is 196 Å². The van der Waals surface area contributed by atoms with Crippen molar-refractivity contribution < 1.29 is 32.2 Å². The number of carbonyl (C=O) groups is 1. The molecule has 1 atom stereocenters. The summed E-state index contributed by atoms with van der Waals surface area (Å²) in [5.74, 6) is 0.566. The Balaban J connectivity index is 1.84. The molecule has 2 aromatic carbocycles. The first-order chi connectivity index (χ1) is 16.1. The van der Waals surface area contributed by atoms with Gasteiger partial charge in [0, 0.05) is 12.0 Å². The molecule has 0 bridgehead atoms. The Hall–Kier alpha value is -3.29. The van der Waals surface area contributed by atoms with Crippen LogP contribution in [-0.2, 0) is 17.4 Å². The van der Waals surface area contributed by atoms with Crippen LogP contribution in [0.1, 0.15) is 66.9 Å². The Morgan fingerprint density at radius 3 is 2.44 bits per heavy atom. The third kappa shape index (κ3) is 6.40. The molecular formula is C26H28F3NO4. The molecule has 3 rings (SSSR count). The number of aromatic nitrogens is 1. The molecule has 0 saturated carbocycles. The van der Waals surface area contributed by atoms with Crippen molar-refractivity contribution in [2.45, 2.75) is 65.2 Å². The molecule has 34 heavy (non-hydrogen) atoms. The number of nitrogens with zero attached hydrogens (tertiary/aromatic N) is 1. The van der Waals surface area contributed by atoms with Gasteiger partial charge in [0.25, 0.3) is 0 Å². The number of carboxylic acids is 1. The van der Waals surface area contributed by atoms with E-state index in [1.165, 1.54) is 12.1 Å². The van der Waals surface area contributed by atoms with Crippen molar-refractivity contribution in [2.75, 3.05) is 0 Å². The number of unbranched alkanes of at least 4 members (excludes halogenated alkanes) is 1. The first kappa shape index (κ1) is 25.3. The average Bonchev–Trinajstić information content (AvgIpc) is 3.17. The van der Waals surface area contributed by atoms with E-state index in [9.17, 15) is 18.0 Å². The van der Waals surface area contributed by atoms with Crippen LogP contribution in [0.25, 0.3) is 11.5 Å². The molecule has 0 radical (unpaired) electrons. The summed E-state index contributed by atoms with van der Waals surface area (Å²) in [7, 11) is 0. The highest BCUT2D eigenvalue weighted by molar-refractivity contribution is 5.67. The highest BCUT2D eigenvalue weighted by Gasteiger charge is 2.30. The van der Waals surface area contributed by atoms with Crippen LogP contribution in [0.5, 0.6) is 5.75 Å². The second kappa shape index (κ2) is 10.8. The maximum absolute atomic E-state index is 12.9. The van der Waals surface area contributed by atoms with Crippen LogP contribution < -0.4 is 4.74 Å². The SMILES string of the molecule is CCCCC(Oc1ccc(CCC(=O)O)c(C)c1)c1oc(-c2ccc(C(F)(F)F)cc2)nc1C. The summed E-state index contributed by atoms with van der Waals surface area (Å²) in [6, 6.07) is 10.3. The van der Waals surface area contributed by atoms with Crippen molar-refractivity contribution in [3.63, 3.8) is 0 Å². The maximum Gasteiger partial charge on any atom is 0.416 e. The van der Waals surface area contributed by atoms with E-state index >= 15 is 0 Å². The van der Waals surface area contributed by atoms with Gasteiger partial charge in [-0.25, -0.2) is 4.98 Å². The molecule has 182 valence electrons. The predicted octanol–water partition coefficient (Wildman–Crippen LogP) is 7.30. The smallest absolute Gasteiger partial charge is 0.416 e. The van der Waals surface area contributed by atoms with Gasteiger partial charge in [-0.05, 0) is 80.6 Å². The Morgan fingerprint density at radius 2 is 1.85 bits per heavy atom. The quantitative estimate of drug-likeness (QED) is 0.333. The summed E-state index contributed by atoms with van der Waals surface area (Å²) < 4.78 is 50.9. The molecule has 0 aliphatic rings. The molecule has 0 amide bonds. The third-order valence-corrected chi connectivity index (χ3v) is 5.60. The fraction of sp³-hybridized carbons (Fsp3) is 0.385. The lowest BCUT2D eigenvalue weighted by atomic mass is 10.0. The fourth-order valence-electron chi connectivity index (χ4n) is 3.69. The molecule has 5 nitrogen and oxygen atoms in total. The number of hydrogen-bond donors (Lipinski definition) is 1. The van der Waals surface area contributed by atoms with E-state index < -0.39 is 23.8 Å². The first-order valence-electron chi connectivity index (χ1n) is 11.2. The Kier molecular flexibility index (Phi) is 8.02. The molecular weight excluding hydrogens is 447 g/mol. The van der Waals surface area contributed by atoms with Crippen LogP contribution >= 0.6 is 0 Å². The van der Waals surface area contributed by atoms with Gasteiger partial charge in [-0.1, -0.05) is 19.4 Å². The summed E-state index contributed by atoms with van der Waals surface area (Å²) in [5.41, 5.74) is 2.22. The van der Waals surface area contributed by atoms with Crippen molar-refractivity contribution in [1.29, 1.82) is 0 Å². The molecule has 0 saturated heterocycles. The molecule has 1 heterocycles. The molecule has 0 aliphatic carbocycles. The second-order valence-corrected chi connectivity index (χ2v) is 8.27. The van der Waals surface area contributed by atoms with E-state index in [4.69, 9.17) is 14.3 Å². The summed E-state index contributed by atoms with van der Waals surface area (Å²) >= 11 is 0. The minimum Gasteiger partial charge on any atom is -0.482 e. The van der Waals surface area contributed by atoms with Gasteiger partial charge in [0.15, 0.2) is 11.9 Å². The average molecular weight is 476 g/mol.